The van der Waals surface area contributed by atoms with Crippen LogP contribution in [0.5, 0.6) is 5.75 Å². The van der Waals surface area contributed by atoms with E-state index in [0.29, 0.717) is 22.4 Å². The summed E-state index contributed by atoms with van der Waals surface area (Å²) in [4.78, 5) is 2.26. The zero-order chi connectivity index (χ0) is 13.0. The third-order valence-corrected chi connectivity index (χ3v) is 4.49. The van der Waals surface area contributed by atoms with Gasteiger partial charge >= 0.3 is 0 Å². The van der Waals surface area contributed by atoms with Crippen LogP contribution in [0.4, 0.5) is 0 Å². The van der Waals surface area contributed by atoms with E-state index in [2.05, 4.69) is 4.90 Å². The summed E-state index contributed by atoms with van der Waals surface area (Å²) in [7, 11) is -0.626. The second-order valence-corrected chi connectivity index (χ2v) is 6.71. The van der Waals surface area contributed by atoms with Crippen LogP contribution in [0.3, 0.4) is 0 Å². The van der Waals surface area contributed by atoms with E-state index in [9.17, 15) is 4.21 Å². The molecule has 0 spiro atoms. The third kappa shape index (κ3) is 4.43. The highest BCUT2D eigenvalue weighted by Gasteiger charge is 2.14. The Morgan fingerprint density at radius 2 is 1.78 bits per heavy atom. The first-order valence-corrected chi connectivity index (χ1v) is 8.04. The van der Waals surface area contributed by atoms with Crippen molar-refractivity contribution in [2.45, 2.75) is 0 Å². The van der Waals surface area contributed by atoms with E-state index in [1.807, 2.05) is 0 Å². The fourth-order valence-electron chi connectivity index (χ4n) is 1.80. The smallest absolute Gasteiger partial charge is 0.122 e. The predicted molar refractivity (Wildman–Crippen MR) is 76.3 cm³/mol. The minimum Gasteiger partial charge on any atom is -0.492 e. The van der Waals surface area contributed by atoms with Gasteiger partial charge < -0.3 is 4.74 Å². The van der Waals surface area contributed by atoms with Crippen LogP contribution >= 0.6 is 23.2 Å². The highest BCUT2D eigenvalue weighted by molar-refractivity contribution is 7.85. The van der Waals surface area contributed by atoms with Crippen molar-refractivity contribution >= 4 is 34.0 Å². The maximum atomic E-state index is 11.2. The molecule has 1 aliphatic rings. The fraction of sp³-hybridized carbons (Fsp3) is 0.500. The summed E-state index contributed by atoms with van der Waals surface area (Å²) in [5, 5.41) is 1.15. The minimum absolute atomic E-state index is 0.575. The van der Waals surface area contributed by atoms with Crippen LogP contribution in [0.25, 0.3) is 0 Å². The van der Waals surface area contributed by atoms with Crippen LogP contribution in [0.15, 0.2) is 18.2 Å². The highest BCUT2D eigenvalue weighted by atomic mass is 35.5. The lowest BCUT2D eigenvalue weighted by Crippen LogP contribution is -2.39. The Kier molecular flexibility index (Phi) is 5.30. The Bertz CT molecular complexity index is 412. The van der Waals surface area contributed by atoms with E-state index in [-0.39, 0.29) is 0 Å². The Labute approximate surface area is 119 Å². The molecule has 0 N–H and O–H groups in total. The van der Waals surface area contributed by atoms with Crippen molar-refractivity contribution in [3.05, 3.63) is 28.2 Å². The van der Waals surface area contributed by atoms with Crippen LogP contribution in [0, 0.1) is 0 Å². The Morgan fingerprint density at radius 1 is 1.17 bits per heavy atom. The number of halogens is 2. The van der Waals surface area contributed by atoms with Crippen molar-refractivity contribution in [3.8, 4) is 5.75 Å². The van der Waals surface area contributed by atoms with Crippen molar-refractivity contribution in [1.29, 1.82) is 0 Å². The molecular weight excluding hydrogens is 293 g/mol. The van der Waals surface area contributed by atoms with Gasteiger partial charge in [-0.25, -0.2) is 0 Å². The first kappa shape index (κ1) is 14.1. The highest BCUT2D eigenvalue weighted by Crippen LogP contribution is 2.24. The molecule has 6 heteroatoms. The maximum absolute atomic E-state index is 11.2. The maximum Gasteiger partial charge on any atom is 0.122 e. The Hall–Kier alpha value is -0.290. The summed E-state index contributed by atoms with van der Waals surface area (Å²) in [5.74, 6) is 2.22. The van der Waals surface area contributed by atoms with Gasteiger partial charge in [0.2, 0.25) is 0 Å². The van der Waals surface area contributed by atoms with Crippen LogP contribution < -0.4 is 4.74 Å². The molecule has 2 rings (SSSR count). The molecule has 1 aliphatic heterocycles. The van der Waals surface area contributed by atoms with E-state index in [4.69, 9.17) is 27.9 Å². The van der Waals surface area contributed by atoms with Crippen molar-refractivity contribution in [2.75, 3.05) is 37.7 Å². The number of ether oxygens (including phenoxy) is 1. The molecule has 0 amide bonds. The Morgan fingerprint density at radius 3 is 2.39 bits per heavy atom. The fourth-order valence-corrected chi connectivity index (χ4v) is 3.44. The molecule has 1 aromatic rings. The molecule has 0 bridgehead atoms. The van der Waals surface area contributed by atoms with Crippen molar-refractivity contribution in [1.82, 2.24) is 4.90 Å². The predicted octanol–water partition coefficient (Wildman–Crippen LogP) is 2.44. The van der Waals surface area contributed by atoms with Crippen molar-refractivity contribution in [2.24, 2.45) is 0 Å². The van der Waals surface area contributed by atoms with Gasteiger partial charge in [-0.1, -0.05) is 23.2 Å². The quantitative estimate of drug-likeness (QED) is 0.855. The van der Waals surface area contributed by atoms with Gasteiger partial charge in [0, 0.05) is 52.0 Å². The van der Waals surface area contributed by atoms with Gasteiger partial charge in [0.1, 0.15) is 12.4 Å². The van der Waals surface area contributed by atoms with Gasteiger partial charge in [0.25, 0.3) is 0 Å². The number of benzene rings is 1. The number of nitrogens with zero attached hydrogens (tertiary/aromatic N) is 1. The SMILES string of the molecule is O=S1CCN(CCOc2cc(Cl)cc(Cl)c2)CC1. The van der Waals surface area contributed by atoms with E-state index < -0.39 is 10.8 Å². The molecule has 3 nitrogen and oxygen atoms in total. The van der Waals surface area contributed by atoms with Crippen LogP contribution in [-0.2, 0) is 10.8 Å². The van der Waals surface area contributed by atoms with Gasteiger partial charge in [0.15, 0.2) is 0 Å². The molecule has 1 fully saturated rings. The average molecular weight is 308 g/mol. The molecule has 0 aromatic heterocycles. The first-order valence-electron chi connectivity index (χ1n) is 5.80. The van der Waals surface area contributed by atoms with Crippen LogP contribution in [-0.4, -0.2) is 46.9 Å². The molecule has 0 atom stereocenters. The zero-order valence-electron chi connectivity index (χ0n) is 9.90. The molecule has 100 valence electrons. The molecule has 1 saturated heterocycles. The summed E-state index contributed by atoms with van der Waals surface area (Å²) >= 11 is 11.8. The normalized spacial score (nSPS) is 17.9. The van der Waals surface area contributed by atoms with Crippen LogP contribution in [0.1, 0.15) is 0 Å². The lowest BCUT2D eigenvalue weighted by molar-refractivity contribution is 0.221. The minimum atomic E-state index is -0.626. The number of hydrogen-bond donors (Lipinski definition) is 0. The lowest BCUT2D eigenvalue weighted by atomic mass is 10.3. The second-order valence-electron chi connectivity index (χ2n) is 4.14. The van der Waals surface area contributed by atoms with Gasteiger partial charge in [0.05, 0.1) is 0 Å². The average Bonchev–Trinajstić information content (AvgIpc) is 2.30. The van der Waals surface area contributed by atoms with E-state index in [1.165, 1.54) is 0 Å². The molecule has 18 heavy (non-hydrogen) atoms. The standard InChI is InChI=1S/C12H15Cl2NO2S/c13-10-7-11(14)9-12(8-10)17-4-1-15-2-5-18(16)6-3-15/h7-9H,1-6H2. The van der Waals surface area contributed by atoms with Gasteiger partial charge in [-0.3, -0.25) is 9.11 Å². The summed E-state index contributed by atoms with van der Waals surface area (Å²) in [6.07, 6.45) is 0. The molecule has 1 heterocycles. The molecule has 0 aliphatic carbocycles. The topological polar surface area (TPSA) is 29.5 Å². The second kappa shape index (κ2) is 6.75. The summed E-state index contributed by atoms with van der Waals surface area (Å²) in [5.41, 5.74) is 0. The van der Waals surface area contributed by atoms with E-state index in [1.54, 1.807) is 18.2 Å². The first-order chi connectivity index (χ1) is 8.63. The molecule has 0 radical (unpaired) electrons. The molecule has 1 aromatic carbocycles. The van der Waals surface area contributed by atoms with Gasteiger partial charge in [-0.05, 0) is 18.2 Å². The van der Waals surface area contributed by atoms with Crippen molar-refractivity contribution in [3.63, 3.8) is 0 Å². The lowest BCUT2D eigenvalue weighted by Gasteiger charge is -2.25. The summed E-state index contributed by atoms with van der Waals surface area (Å²) in [6.45, 7) is 3.18. The summed E-state index contributed by atoms with van der Waals surface area (Å²) < 4.78 is 16.8. The molecule has 0 saturated carbocycles. The van der Waals surface area contributed by atoms with Crippen molar-refractivity contribution < 1.29 is 8.95 Å². The van der Waals surface area contributed by atoms with Gasteiger partial charge in [-0.2, -0.15) is 0 Å². The van der Waals surface area contributed by atoms with E-state index >= 15 is 0 Å². The number of hydrogen-bond acceptors (Lipinski definition) is 3. The third-order valence-electron chi connectivity index (χ3n) is 2.78. The van der Waals surface area contributed by atoms with E-state index in [0.717, 1.165) is 31.1 Å². The Balaban J connectivity index is 1.76. The van der Waals surface area contributed by atoms with Gasteiger partial charge in [-0.15, -0.1) is 0 Å². The molecule has 0 unspecified atom stereocenters. The summed E-state index contributed by atoms with van der Waals surface area (Å²) in [6, 6.07) is 5.17. The number of rotatable bonds is 4. The monoisotopic (exact) mass is 307 g/mol. The molecular formula is C12H15Cl2NO2S. The largest absolute Gasteiger partial charge is 0.492 e. The van der Waals surface area contributed by atoms with Crippen LogP contribution in [0.2, 0.25) is 10.0 Å². The zero-order valence-corrected chi connectivity index (χ0v) is 12.2.